The molecule has 3 aromatic heterocycles. The van der Waals surface area contributed by atoms with Crippen LogP contribution < -0.4 is 4.90 Å². The molecular formula is C31H34FN7OS. The van der Waals surface area contributed by atoms with Crippen molar-refractivity contribution in [2.24, 2.45) is 5.92 Å². The normalized spacial score (nSPS) is 18.2. The van der Waals surface area contributed by atoms with Crippen molar-refractivity contribution in [2.75, 3.05) is 44.7 Å². The van der Waals surface area contributed by atoms with Gasteiger partial charge in [-0.1, -0.05) is 13.0 Å². The van der Waals surface area contributed by atoms with Crippen LogP contribution in [-0.2, 0) is 11.2 Å². The summed E-state index contributed by atoms with van der Waals surface area (Å²) in [6, 6.07) is 13.0. The third-order valence-corrected chi connectivity index (χ3v) is 9.32. The van der Waals surface area contributed by atoms with E-state index in [1.165, 1.54) is 17.7 Å². The van der Waals surface area contributed by atoms with Gasteiger partial charge in [0.15, 0.2) is 5.13 Å². The maximum Gasteiger partial charge on any atom is 0.236 e. The van der Waals surface area contributed by atoms with Gasteiger partial charge in [-0.3, -0.25) is 14.1 Å². The van der Waals surface area contributed by atoms with Crippen molar-refractivity contribution in [1.29, 1.82) is 5.26 Å². The summed E-state index contributed by atoms with van der Waals surface area (Å²) in [4.78, 5) is 28.7. The van der Waals surface area contributed by atoms with Crippen LogP contribution in [0.2, 0.25) is 0 Å². The van der Waals surface area contributed by atoms with Crippen molar-refractivity contribution in [3.63, 3.8) is 0 Å². The maximum atomic E-state index is 13.4. The Balaban J connectivity index is 1.17. The molecule has 2 aliphatic heterocycles. The molecule has 0 aliphatic carbocycles. The number of amides is 1. The molecule has 1 amide bonds. The monoisotopic (exact) mass is 571 g/mol. The molecule has 0 N–H and O–H groups in total. The molecule has 41 heavy (non-hydrogen) atoms. The lowest BCUT2D eigenvalue weighted by Crippen LogP contribution is -2.42. The number of fused-ring (bicyclic) bond motifs is 1. The van der Waals surface area contributed by atoms with E-state index in [4.69, 9.17) is 15.2 Å². The number of likely N-dealkylation sites (tertiary alicyclic amines) is 2. The van der Waals surface area contributed by atoms with Crippen LogP contribution in [0, 0.1) is 23.1 Å². The lowest BCUT2D eigenvalue weighted by atomic mass is 9.90. The Kier molecular flexibility index (Phi) is 7.73. The minimum absolute atomic E-state index is 0.0209. The first-order valence-corrected chi connectivity index (χ1v) is 15.2. The smallest absolute Gasteiger partial charge is 0.236 e. The zero-order chi connectivity index (χ0) is 28.5. The predicted molar refractivity (Wildman–Crippen MR) is 159 cm³/mol. The van der Waals surface area contributed by atoms with Crippen molar-refractivity contribution >= 4 is 33.8 Å². The first-order chi connectivity index (χ1) is 19.9. The van der Waals surface area contributed by atoms with Crippen molar-refractivity contribution in [2.45, 2.75) is 38.5 Å². The number of nitrogens with zero attached hydrogens (tertiary/aromatic N) is 7. The number of imidazole rings is 1. The number of carbonyl (C=O) groups excluding carboxylic acids is 1. The van der Waals surface area contributed by atoms with Crippen molar-refractivity contribution < 1.29 is 9.18 Å². The minimum atomic E-state index is -0.258. The average molecular weight is 572 g/mol. The van der Waals surface area contributed by atoms with E-state index in [0.717, 1.165) is 72.3 Å². The van der Waals surface area contributed by atoms with Gasteiger partial charge in [0, 0.05) is 37.3 Å². The van der Waals surface area contributed by atoms with Crippen LogP contribution in [0.1, 0.15) is 43.4 Å². The van der Waals surface area contributed by atoms with Crippen molar-refractivity contribution in [1.82, 2.24) is 24.2 Å². The highest BCUT2D eigenvalue weighted by atomic mass is 32.1. The SMILES string of the molecule is CCc1nc2ccc(C3CCN(CC(=O)N4CCC(C#N)C4)CC3)cn2c1N(C)c1nc(-c2ccc(F)cc2)cs1. The average Bonchev–Trinajstić information content (AvgIpc) is 3.76. The molecule has 5 heterocycles. The van der Waals surface area contributed by atoms with E-state index in [1.807, 2.05) is 17.3 Å². The number of thiazole rings is 1. The lowest BCUT2D eigenvalue weighted by Gasteiger charge is -2.32. The molecule has 4 aromatic rings. The number of aromatic nitrogens is 3. The van der Waals surface area contributed by atoms with E-state index in [2.05, 4.69) is 45.5 Å². The van der Waals surface area contributed by atoms with Crippen LogP contribution in [0.5, 0.6) is 0 Å². The van der Waals surface area contributed by atoms with Gasteiger partial charge in [0.25, 0.3) is 0 Å². The fourth-order valence-electron chi connectivity index (χ4n) is 6.00. The number of hydrogen-bond acceptors (Lipinski definition) is 7. The first-order valence-electron chi connectivity index (χ1n) is 14.3. The number of anilines is 2. The Hall–Kier alpha value is -3.81. The van der Waals surface area contributed by atoms with E-state index >= 15 is 0 Å². The number of hydrogen-bond donors (Lipinski definition) is 0. The minimum Gasteiger partial charge on any atom is -0.340 e. The zero-order valence-corrected chi connectivity index (χ0v) is 24.3. The van der Waals surface area contributed by atoms with Crippen LogP contribution in [0.15, 0.2) is 48.0 Å². The molecule has 2 fully saturated rings. The number of halogens is 1. The summed E-state index contributed by atoms with van der Waals surface area (Å²) in [6.07, 6.45) is 5.79. The number of rotatable bonds is 7. The summed E-state index contributed by atoms with van der Waals surface area (Å²) in [5, 5.41) is 12.0. The molecule has 1 aromatic carbocycles. The van der Waals surface area contributed by atoms with Gasteiger partial charge in [0.1, 0.15) is 17.3 Å². The molecule has 0 saturated carbocycles. The number of aryl methyl sites for hydroxylation is 1. The fraction of sp³-hybridized carbons (Fsp3) is 0.419. The molecule has 1 unspecified atom stereocenters. The molecule has 0 bridgehead atoms. The summed E-state index contributed by atoms with van der Waals surface area (Å²) >= 11 is 1.56. The highest BCUT2D eigenvalue weighted by Crippen LogP contribution is 2.35. The summed E-state index contributed by atoms with van der Waals surface area (Å²) in [7, 11) is 2.03. The second-order valence-electron chi connectivity index (χ2n) is 11.0. The Morgan fingerprint density at radius 2 is 1.90 bits per heavy atom. The van der Waals surface area contributed by atoms with Gasteiger partial charge in [-0.05, 0) is 80.6 Å². The van der Waals surface area contributed by atoms with Gasteiger partial charge >= 0.3 is 0 Å². The Labute approximate surface area is 243 Å². The molecule has 0 radical (unpaired) electrons. The first kappa shape index (κ1) is 27.4. The highest BCUT2D eigenvalue weighted by Gasteiger charge is 2.29. The van der Waals surface area contributed by atoms with Crippen molar-refractivity contribution in [3.05, 3.63) is 65.0 Å². The van der Waals surface area contributed by atoms with Crippen LogP contribution in [0.25, 0.3) is 16.9 Å². The number of piperidine rings is 1. The molecule has 8 nitrogen and oxygen atoms in total. The van der Waals surface area contributed by atoms with E-state index in [9.17, 15) is 9.18 Å². The fourth-order valence-corrected chi connectivity index (χ4v) is 6.80. The molecular weight excluding hydrogens is 537 g/mol. The predicted octanol–water partition coefficient (Wildman–Crippen LogP) is 5.48. The highest BCUT2D eigenvalue weighted by molar-refractivity contribution is 7.14. The molecule has 10 heteroatoms. The summed E-state index contributed by atoms with van der Waals surface area (Å²) < 4.78 is 15.6. The second kappa shape index (κ2) is 11.6. The molecule has 6 rings (SSSR count). The molecule has 212 valence electrons. The number of carbonyl (C=O) groups is 1. The standard InChI is InChI=1S/C31H34FN7OS/c1-3-26-30(36(2)31-35-27(20-41-31)23-4-7-25(32)8-5-23)39-18-24(6-9-28(39)34-26)22-11-13-37(14-12-22)19-29(40)38-15-10-21(16-33)17-38/h4-9,18,20-22H,3,10-15,17,19H2,1-2H3. The van der Waals surface area contributed by atoms with Crippen LogP contribution in [0.4, 0.5) is 15.3 Å². The summed E-state index contributed by atoms with van der Waals surface area (Å²) in [5.74, 6) is 1.29. The Morgan fingerprint density at radius 1 is 1.12 bits per heavy atom. The van der Waals surface area contributed by atoms with E-state index in [1.54, 1.807) is 23.5 Å². The quantitative estimate of drug-likeness (QED) is 0.292. The van der Waals surface area contributed by atoms with Crippen LogP contribution in [0.3, 0.4) is 0 Å². The van der Waals surface area contributed by atoms with E-state index in [0.29, 0.717) is 25.6 Å². The number of nitriles is 1. The lowest BCUT2D eigenvalue weighted by molar-refractivity contribution is -0.131. The molecule has 2 saturated heterocycles. The Bertz CT molecular complexity index is 1580. The molecule has 1 atom stereocenters. The van der Waals surface area contributed by atoms with Gasteiger partial charge in [-0.2, -0.15) is 5.26 Å². The van der Waals surface area contributed by atoms with Gasteiger partial charge in [-0.15, -0.1) is 11.3 Å². The summed E-state index contributed by atoms with van der Waals surface area (Å²) in [5.41, 5.74) is 4.91. The van der Waals surface area contributed by atoms with Crippen molar-refractivity contribution in [3.8, 4) is 17.3 Å². The van der Waals surface area contributed by atoms with Gasteiger partial charge in [0.05, 0.1) is 29.9 Å². The third-order valence-electron chi connectivity index (χ3n) is 8.40. The number of benzene rings is 1. The van der Waals surface area contributed by atoms with Crippen LogP contribution >= 0.6 is 11.3 Å². The van der Waals surface area contributed by atoms with Gasteiger partial charge in [-0.25, -0.2) is 14.4 Å². The van der Waals surface area contributed by atoms with E-state index < -0.39 is 0 Å². The van der Waals surface area contributed by atoms with Crippen LogP contribution in [-0.4, -0.2) is 69.8 Å². The largest absolute Gasteiger partial charge is 0.340 e. The third kappa shape index (κ3) is 5.56. The van der Waals surface area contributed by atoms with E-state index in [-0.39, 0.29) is 17.6 Å². The van der Waals surface area contributed by atoms with Gasteiger partial charge in [0.2, 0.25) is 5.91 Å². The number of pyridine rings is 1. The zero-order valence-electron chi connectivity index (χ0n) is 23.5. The summed E-state index contributed by atoms with van der Waals surface area (Å²) in [6.45, 7) is 5.59. The molecule has 0 spiro atoms. The topological polar surface area (TPSA) is 80.8 Å². The van der Waals surface area contributed by atoms with Gasteiger partial charge < -0.3 is 9.80 Å². The maximum absolute atomic E-state index is 13.4. The second-order valence-corrected chi connectivity index (χ2v) is 11.8. The molecule has 2 aliphatic rings. The Morgan fingerprint density at radius 3 is 2.61 bits per heavy atom.